The third-order valence-corrected chi connectivity index (χ3v) is 8.07. The number of para-hydroxylation sites is 1. The number of aromatic nitrogens is 1. The number of hydrogen-bond acceptors (Lipinski definition) is 6. The van der Waals surface area contributed by atoms with Gasteiger partial charge in [-0.3, -0.25) is 19.4 Å². The molecule has 9 heteroatoms. The molecule has 1 saturated heterocycles. The lowest BCUT2D eigenvalue weighted by molar-refractivity contribution is -0.140. The monoisotopic (exact) mass is 579 g/mol. The van der Waals surface area contributed by atoms with Crippen LogP contribution in [0.5, 0.6) is 5.75 Å². The summed E-state index contributed by atoms with van der Waals surface area (Å²) >= 11 is 0. The van der Waals surface area contributed by atoms with Crippen LogP contribution < -0.4 is 16.4 Å². The van der Waals surface area contributed by atoms with Gasteiger partial charge in [0, 0.05) is 24.5 Å². The number of benzene rings is 3. The first-order valence-corrected chi connectivity index (χ1v) is 14.6. The SMILES string of the molecule is Cc1cc(O)cc(C)c1C[C@H](N)C(=O)N1CCC[C@H]1C(=O)N[C@@H](Cc1ccccc1)C(=O)Nc1cccc2cccnc12. The fourth-order valence-electron chi connectivity index (χ4n) is 5.87. The minimum absolute atomic E-state index is 0.167. The molecular formula is C34H37N5O4. The van der Waals surface area contributed by atoms with Crippen LogP contribution in [0.15, 0.2) is 79.0 Å². The van der Waals surface area contributed by atoms with E-state index in [-0.39, 0.29) is 29.9 Å². The first kappa shape index (κ1) is 29.7. The maximum absolute atomic E-state index is 13.7. The third kappa shape index (κ3) is 6.84. The van der Waals surface area contributed by atoms with E-state index < -0.39 is 18.1 Å². The van der Waals surface area contributed by atoms with E-state index in [1.54, 1.807) is 24.4 Å². The standard InChI is InChI=1S/C34H37N5O4/c1-21-17-25(40)18-22(2)26(21)20-27(35)34(43)39-16-8-14-30(39)33(42)38-29(19-23-9-4-3-5-10-23)32(41)37-28-13-6-11-24-12-7-15-36-31(24)28/h3-7,9-13,15,17-18,27,29-30,40H,8,14,16,19-20,35H2,1-2H3,(H,37,41)(H,38,42)/t27-,29-,30-/m0/s1. The summed E-state index contributed by atoms with van der Waals surface area (Å²) in [6.07, 6.45) is 3.37. The maximum Gasteiger partial charge on any atom is 0.247 e. The topological polar surface area (TPSA) is 138 Å². The fraction of sp³-hybridized carbons (Fsp3) is 0.294. The number of carbonyl (C=O) groups is 3. The van der Waals surface area contributed by atoms with Crippen molar-refractivity contribution >= 4 is 34.3 Å². The van der Waals surface area contributed by atoms with Crippen molar-refractivity contribution in [1.82, 2.24) is 15.2 Å². The lowest BCUT2D eigenvalue weighted by atomic mass is 9.95. The van der Waals surface area contributed by atoms with Crippen molar-refractivity contribution < 1.29 is 19.5 Å². The molecule has 5 N–H and O–H groups in total. The van der Waals surface area contributed by atoms with Crippen molar-refractivity contribution in [2.75, 3.05) is 11.9 Å². The molecule has 3 atom stereocenters. The average Bonchev–Trinajstić information content (AvgIpc) is 3.49. The van der Waals surface area contributed by atoms with Gasteiger partial charge < -0.3 is 26.4 Å². The molecule has 43 heavy (non-hydrogen) atoms. The van der Waals surface area contributed by atoms with Crippen LogP contribution in [0.4, 0.5) is 5.69 Å². The van der Waals surface area contributed by atoms with Gasteiger partial charge in [0.05, 0.1) is 17.2 Å². The van der Waals surface area contributed by atoms with E-state index in [4.69, 9.17) is 5.73 Å². The van der Waals surface area contributed by atoms with E-state index in [9.17, 15) is 19.5 Å². The van der Waals surface area contributed by atoms with Crippen molar-refractivity contribution in [3.8, 4) is 5.75 Å². The Kier molecular flexibility index (Phi) is 9.01. The number of likely N-dealkylation sites (tertiary alicyclic amines) is 1. The molecule has 222 valence electrons. The van der Waals surface area contributed by atoms with Crippen LogP contribution in [-0.4, -0.2) is 57.4 Å². The molecule has 0 bridgehead atoms. The largest absolute Gasteiger partial charge is 0.508 e. The predicted octanol–water partition coefficient (Wildman–Crippen LogP) is 3.78. The Morgan fingerprint density at radius 3 is 2.47 bits per heavy atom. The Labute approximate surface area is 251 Å². The maximum atomic E-state index is 13.7. The molecule has 0 radical (unpaired) electrons. The zero-order valence-electron chi connectivity index (χ0n) is 24.4. The van der Waals surface area contributed by atoms with Crippen LogP contribution in [0.3, 0.4) is 0 Å². The number of anilines is 1. The first-order chi connectivity index (χ1) is 20.7. The van der Waals surface area contributed by atoms with Crippen LogP contribution in [0, 0.1) is 13.8 Å². The number of nitrogens with zero attached hydrogens (tertiary/aromatic N) is 2. The summed E-state index contributed by atoms with van der Waals surface area (Å²) in [5.41, 5.74) is 11.1. The second-order valence-electron chi connectivity index (χ2n) is 11.2. The van der Waals surface area contributed by atoms with E-state index in [0.717, 1.165) is 27.6 Å². The van der Waals surface area contributed by atoms with Gasteiger partial charge >= 0.3 is 0 Å². The summed E-state index contributed by atoms with van der Waals surface area (Å²) < 4.78 is 0. The van der Waals surface area contributed by atoms with Crippen molar-refractivity contribution in [3.63, 3.8) is 0 Å². The zero-order valence-corrected chi connectivity index (χ0v) is 24.4. The lowest BCUT2D eigenvalue weighted by Gasteiger charge is -2.29. The van der Waals surface area contributed by atoms with Crippen LogP contribution in [-0.2, 0) is 27.2 Å². The highest BCUT2D eigenvalue weighted by Crippen LogP contribution is 2.25. The number of rotatable bonds is 9. The molecule has 1 aliphatic rings. The van der Waals surface area contributed by atoms with Crippen molar-refractivity contribution in [2.45, 2.75) is 57.7 Å². The molecule has 3 amide bonds. The van der Waals surface area contributed by atoms with Crippen molar-refractivity contribution in [3.05, 3.63) is 101 Å². The van der Waals surface area contributed by atoms with Gasteiger partial charge in [-0.1, -0.05) is 48.5 Å². The Balaban J connectivity index is 1.32. The van der Waals surface area contributed by atoms with E-state index in [2.05, 4.69) is 15.6 Å². The summed E-state index contributed by atoms with van der Waals surface area (Å²) in [4.78, 5) is 46.8. The molecule has 0 unspecified atom stereocenters. The summed E-state index contributed by atoms with van der Waals surface area (Å²) in [6.45, 7) is 4.16. The van der Waals surface area contributed by atoms with Crippen LogP contribution in [0.1, 0.15) is 35.1 Å². The van der Waals surface area contributed by atoms with E-state index in [0.29, 0.717) is 37.0 Å². The van der Waals surface area contributed by atoms with Gasteiger partial charge in [0.2, 0.25) is 17.7 Å². The Morgan fingerprint density at radius 1 is 1.00 bits per heavy atom. The highest BCUT2D eigenvalue weighted by molar-refractivity contribution is 6.04. The van der Waals surface area contributed by atoms with Gasteiger partial charge in [0.1, 0.15) is 17.8 Å². The van der Waals surface area contributed by atoms with Crippen LogP contribution in [0.2, 0.25) is 0 Å². The summed E-state index contributed by atoms with van der Waals surface area (Å²) in [6, 6.07) is 19.6. The zero-order chi connectivity index (χ0) is 30.5. The molecule has 0 spiro atoms. The Hall–Kier alpha value is -4.76. The van der Waals surface area contributed by atoms with Gasteiger partial charge in [-0.05, 0) is 79.6 Å². The molecule has 0 saturated carbocycles. The normalized spacial score (nSPS) is 16.1. The Bertz CT molecular complexity index is 1610. The van der Waals surface area contributed by atoms with Gasteiger partial charge in [0.25, 0.3) is 0 Å². The number of nitrogens with two attached hydrogens (primary N) is 1. The van der Waals surface area contributed by atoms with E-state index in [1.165, 1.54) is 4.90 Å². The fourth-order valence-corrected chi connectivity index (χ4v) is 5.87. The molecule has 1 fully saturated rings. The highest BCUT2D eigenvalue weighted by Gasteiger charge is 2.38. The van der Waals surface area contributed by atoms with Gasteiger partial charge in [-0.15, -0.1) is 0 Å². The van der Waals surface area contributed by atoms with Crippen LogP contribution in [0.25, 0.3) is 10.9 Å². The molecule has 3 aromatic carbocycles. The number of aromatic hydroxyl groups is 1. The Morgan fingerprint density at radius 2 is 1.72 bits per heavy atom. The number of aryl methyl sites for hydroxylation is 2. The number of amides is 3. The molecule has 1 aromatic heterocycles. The summed E-state index contributed by atoms with van der Waals surface area (Å²) in [5.74, 6) is -0.903. The van der Waals surface area contributed by atoms with Gasteiger partial charge in [0.15, 0.2) is 0 Å². The second kappa shape index (κ2) is 13.0. The number of phenols is 1. The smallest absolute Gasteiger partial charge is 0.247 e. The summed E-state index contributed by atoms with van der Waals surface area (Å²) in [7, 11) is 0. The number of phenolic OH excluding ortho intramolecular Hbond substituents is 1. The highest BCUT2D eigenvalue weighted by atomic mass is 16.3. The molecule has 5 rings (SSSR count). The van der Waals surface area contributed by atoms with Crippen molar-refractivity contribution in [1.29, 1.82) is 0 Å². The van der Waals surface area contributed by atoms with E-state index >= 15 is 0 Å². The molecule has 1 aliphatic heterocycles. The number of carbonyl (C=O) groups excluding carboxylic acids is 3. The van der Waals surface area contributed by atoms with Gasteiger partial charge in [-0.2, -0.15) is 0 Å². The number of nitrogens with one attached hydrogen (secondary N) is 2. The minimum atomic E-state index is -0.887. The number of pyridine rings is 1. The summed E-state index contributed by atoms with van der Waals surface area (Å²) in [5, 5.41) is 16.7. The van der Waals surface area contributed by atoms with Gasteiger partial charge in [-0.25, -0.2) is 0 Å². The molecule has 4 aromatic rings. The molecule has 9 nitrogen and oxygen atoms in total. The molecule has 2 heterocycles. The first-order valence-electron chi connectivity index (χ1n) is 14.6. The molecular weight excluding hydrogens is 542 g/mol. The second-order valence-corrected chi connectivity index (χ2v) is 11.2. The quantitative estimate of drug-likeness (QED) is 0.238. The molecule has 0 aliphatic carbocycles. The number of hydrogen-bond donors (Lipinski definition) is 4. The minimum Gasteiger partial charge on any atom is -0.508 e. The predicted molar refractivity (Wildman–Crippen MR) is 166 cm³/mol. The van der Waals surface area contributed by atoms with E-state index in [1.807, 2.05) is 68.4 Å². The number of fused-ring (bicyclic) bond motifs is 1. The van der Waals surface area contributed by atoms with Crippen molar-refractivity contribution in [2.24, 2.45) is 5.73 Å². The average molecular weight is 580 g/mol. The lowest BCUT2D eigenvalue weighted by Crippen LogP contribution is -2.55. The third-order valence-electron chi connectivity index (χ3n) is 8.07. The van der Waals surface area contributed by atoms with Crippen LogP contribution >= 0.6 is 0 Å².